The van der Waals surface area contributed by atoms with E-state index in [1.54, 1.807) is 0 Å². The molecule has 0 aromatic heterocycles. The van der Waals surface area contributed by atoms with Gasteiger partial charge in [0.1, 0.15) is 5.60 Å². The van der Waals surface area contributed by atoms with Crippen LogP contribution in [0.4, 0.5) is 0 Å². The number of carbonyl (C=O) groups excluding carboxylic acids is 1. The van der Waals surface area contributed by atoms with Crippen molar-refractivity contribution in [2.75, 3.05) is 0 Å². The Morgan fingerprint density at radius 1 is 1.41 bits per heavy atom. The van der Waals surface area contributed by atoms with Crippen molar-refractivity contribution in [3.63, 3.8) is 0 Å². The second-order valence-electron chi connectivity index (χ2n) is 6.29. The molecular formula is C13H20O4. The topological polar surface area (TPSA) is 74.6 Å². The van der Waals surface area contributed by atoms with Gasteiger partial charge in [0.2, 0.25) is 0 Å². The van der Waals surface area contributed by atoms with Crippen molar-refractivity contribution < 1.29 is 19.8 Å². The number of hydrogen-bond donors (Lipinski definition) is 2. The molecule has 2 N–H and O–H groups in total. The fourth-order valence-electron chi connectivity index (χ4n) is 3.96. The number of fused-ring (bicyclic) bond motifs is 2. The maximum absolute atomic E-state index is 12.4. The van der Waals surface area contributed by atoms with Gasteiger partial charge in [0.25, 0.3) is 0 Å². The number of carboxylic acid groups (broad SMARTS) is 1. The fraction of sp³-hybridized carbons (Fsp3) is 0.846. The van der Waals surface area contributed by atoms with Crippen molar-refractivity contribution in [1.82, 2.24) is 0 Å². The normalized spacial score (nSPS) is 43.1. The first-order valence-corrected chi connectivity index (χ1v) is 6.15. The highest BCUT2D eigenvalue weighted by Gasteiger charge is 2.72. The number of carboxylic acids is 1. The first-order chi connectivity index (χ1) is 7.66. The molecule has 0 aromatic carbocycles. The van der Waals surface area contributed by atoms with Crippen LogP contribution >= 0.6 is 0 Å². The summed E-state index contributed by atoms with van der Waals surface area (Å²) in [6.07, 6.45) is 1.51. The first-order valence-electron chi connectivity index (χ1n) is 6.15. The lowest BCUT2D eigenvalue weighted by molar-refractivity contribution is -0.149. The van der Waals surface area contributed by atoms with E-state index in [1.165, 1.54) is 0 Å². The van der Waals surface area contributed by atoms with E-state index in [0.29, 0.717) is 0 Å². The highest BCUT2D eigenvalue weighted by atomic mass is 16.4. The molecule has 0 aromatic rings. The summed E-state index contributed by atoms with van der Waals surface area (Å²) in [6, 6.07) is 0. The Bertz CT molecular complexity index is 387. The third-order valence-corrected chi connectivity index (χ3v) is 5.42. The van der Waals surface area contributed by atoms with Gasteiger partial charge in [-0.1, -0.05) is 20.8 Å². The van der Waals surface area contributed by atoms with Crippen molar-refractivity contribution in [1.29, 1.82) is 0 Å². The second kappa shape index (κ2) is 3.31. The van der Waals surface area contributed by atoms with Crippen LogP contribution in [0.15, 0.2) is 0 Å². The van der Waals surface area contributed by atoms with Gasteiger partial charge < -0.3 is 10.2 Å². The van der Waals surface area contributed by atoms with Gasteiger partial charge in [0, 0.05) is 17.8 Å². The van der Waals surface area contributed by atoms with Gasteiger partial charge in [-0.2, -0.15) is 0 Å². The molecule has 2 rings (SSSR count). The Kier molecular flexibility index (Phi) is 2.45. The average molecular weight is 240 g/mol. The lowest BCUT2D eigenvalue weighted by Gasteiger charge is -2.32. The maximum atomic E-state index is 12.4. The average Bonchev–Trinajstić information content (AvgIpc) is 2.51. The van der Waals surface area contributed by atoms with Crippen LogP contribution in [0.2, 0.25) is 0 Å². The van der Waals surface area contributed by atoms with Crippen LogP contribution in [-0.2, 0) is 9.59 Å². The van der Waals surface area contributed by atoms with E-state index in [4.69, 9.17) is 5.11 Å². The molecule has 0 unspecified atom stereocenters. The lowest BCUT2D eigenvalue weighted by Crippen LogP contribution is -2.46. The van der Waals surface area contributed by atoms with Gasteiger partial charge in [0.15, 0.2) is 5.78 Å². The summed E-state index contributed by atoms with van der Waals surface area (Å²) >= 11 is 0. The number of Topliss-reactive ketones (excluding diaryl/α,β-unsaturated/α-hetero) is 1. The summed E-state index contributed by atoms with van der Waals surface area (Å²) in [5, 5.41) is 19.3. The minimum Gasteiger partial charge on any atom is -0.481 e. The number of ketones is 1. The standard InChI is InChI=1S/C13H20O4/c1-11(2)8-4-6-12(11,3)10(16)13(8,17)7-5-9(14)15/h8,17H,4-7H2,1-3H3,(H,14,15)/t8-,12+,13+/m1/s1. The number of aliphatic carboxylic acids is 1. The molecular weight excluding hydrogens is 220 g/mol. The number of rotatable bonds is 3. The Balaban J connectivity index is 2.33. The number of carbonyl (C=O) groups is 2. The van der Waals surface area contributed by atoms with E-state index in [1.807, 2.05) is 20.8 Å². The Hall–Kier alpha value is -0.900. The zero-order valence-electron chi connectivity index (χ0n) is 10.6. The molecule has 2 fully saturated rings. The van der Waals surface area contributed by atoms with Crippen molar-refractivity contribution >= 4 is 11.8 Å². The lowest BCUT2D eigenvalue weighted by atomic mass is 9.70. The van der Waals surface area contributed by atoms with Crippen LogP contribution < -0.4 is 0 Å². The number of hydrogen-bond acceptors (Lipinski definition) is 3. The van der Waals surface area contributed by atoms with Gasteiger partial charge in [-0.15, -0.1) is 0 Å². The Labute approximate surface area is 101 Å². The van der Waals surface area contributed by atoms with Crippen LogP contribution in [0, 0.1) is 16.7 Å². The quantitative estimate of drug-likeness (QED) is 0.786. The van der Waals surface area contributed by atoms with Gasteiger partial charge in [-0.25, -0.2) is 0 Å². The molecule has 0 saturated heterocycles. The molecule has 0 aliphatic heterocycles. The molecule has 0 radical (unpaired) electrons. The van der Waals surface area contributed by atoms with Crippen molar-refractivity contribution in [3.05, 3.63) is 0 Å². The van der Waals surface area contributed by atoms with Crippen molar-refractivity contribution in [3.8, 4) is 0 Å². The number of aliphatic hydroxyl groups is 1. The molecule has 0 amide bonds. The molecule has 4 nitrogen and oxygen atoms in total. The predicted molar refractivity (Wildman–Crippen MR) is 61.4 cm³/mol. The highest BCUT2D eigenvalue weighted by molar-refractivity contribution is 5.97. The van der Waals surface area contributed by atoms with Crippen LogP contribution in [0.25, 0.3) is 0 Å². The third-order valence-electron chi connectivity index (χ3n) is 5.42. The molecule has 17 heavy (non-hydrogen) atoms. The van der Waals surface area contributed by atoms with E-state index in [0.717, 1.165) is 12.8 Å². The molecule has 2 aliphatic carbocycles. The van der Waals surface area contributed by atoms with Crippen molar-refractivity contribution in [2.24, 2.45) is 16.7 Å². The molecule has 2 aliphatic rings. The van der Waals surface area contributed by atoms with Crippen LogP contribution in [-0.4, -0.2) is 27.6 Å². The minimum atomic E-state index is -1.42. The molecule has 0 heterocycles. The molecule has 2 bridgehead atoms. The molecule has 96 valence electrons. The molecule has 4 heteroatoms. The summed E-state index contributed by atoms with van der Waals surface area (Å²) in [4.78, 5) is 23.0. The molecule has 3 atom stereocenters. The SMILES string of the molecule is CC1(C)[C@H]2CC[C@@]1(C)C(=O)[C@]2(O)CCC(=O)O. The predicted octanol–water partition coefficient (Wildman–Crippen LogP) is 1.61. The maximum Gasteiger partial charge on any atom is 0.303 e. The fourth-order valence-corrected chi connectivity index (χ4v) is 3.96. The smallest absolute Gasteiger partial charge is 0.303 e. The first kappa shape index (κ1) is 12.6. The van der Waals surface area contributed by atoms with Gasteiger partial charge in [-0.05, 0) is 24.7 Å². The van der Waals surface area contributed by atoms with Crippen molar-refractivity contribution in [2.45, 2.75) is 52.1 Å². The third kappa shape index (κ3) is 1.33. The second-order valence-corrected chi connectivity index (χ2v) is 6.29. The summed E-state index contributed by atoms with van der Waals surface area (Å²) in [6.45, 7) is 5.94. The van der Waals surface area contributed by atoms with Gasteiger partial charge in [-0.3, -0.25) is 9.59 Å². The van der Waals surface area contributed by atoms with E-state index in [9.17, 15) is 14.7 Å². The van der Waals surface area contributed by atoms with E-state index < -0.39 is 17.0 Å². The summed E-state index contributed by atoms with van der Waals surface area (Å²) in [5.41, 5.74) is -2.16. The zero-order valence-corrected chi connectivity index (χ0v) is 10.6. The summed E-state index contributed by atoms with van der Waals surface area (Å²) in [7, 11) is 0. The summed E-state index contributed by atoms with van der Waals surface area (Å²) in [5.74, 6) is -1.21. The highest BCUT2D eigenvalue weighted by Crippen LogP contribution is 2.67. The zero-order chi connectivity index (χ0) is 13.1. The Morgan fingerprint density at radius 3 is 2.41 bits per heavy atom. The molecule has 0 spiro atoms. The van der Waals surface area contributed by atoms with Crippen LogP contribution in [0.5, 0.6) is 0 Å². The summed E-state index contributed by atoms with van der Waals surface area (Å²) < 4.78 is 0. The minimum absolute atomic E-state index is 0.0465. The Morgan fingerprint density at radius 2 is 2.00 bits per heavy atom. The van der Waals surface area contributed by atoms with Gasteiger partial charge in [0.05, 0.1) is 0 Å². The van der Waals surface area contributed by atoms with Gasteiger partial charge >= 0.3 is 5.97 Å². The van der Waals surface area contributed by atoms with E-state index >= 15 is 0 Å². The largest absolute Gasteiger partial charge is 0.481 e. The monoisotopic (exact) mass is 240 g/mol. The van der Waals surface area contributed by atoms with Crippen LogP contribution in [0.3, 0.4) is 0 Å². The van der Waals surface area contributed by atoms with E-state index in [-0.39, 0.29) is 30.0 Å². The van der Waals surface area contributed by atoms with E-state index in [2.05, 4.69) is 0 Å². The van der Waals surface area contributed by atoms with Crippen LogP contribution in [0.1, 0.15) is 46.5 Å². The molecule has 2 saturated carbocycles.